The van der Waals surface area contributed by atoms with Crippen LogP contribution in [0.25, 0.3) is 0 Å². The highest BCUT2D eigenvalue weighted by Gasteiger charge is 2.23. The van der Waals surface area contributed by atoms with Gasteiger partial charge in [0.25, 0.3) is 0 Å². The van der Waals surface area contributed by atoms with Crippen molar-refractivity contribution in [2.75, 3.05) is 71.0 Å². The predicted molar refractivity (Wildman–Crippen MR) is 91.0 cm³/mol. The number of urea groups is 1. The molecule has 132 valence electrons. The highest BCUT2D eigenvalue weighted by atomic mass is 16.5. The minimum absolute atomic E-state index is 0.0145. The van der Waals surface area contributed by atoms with Gasteiger partial charge in [-0.05, 0) is 7.05 Å². The summed E-state index contributed by atoms with van der Waals surface area (Å²) in [5, 5.41) is 3.06. The maximum Gasteiger partial charge on any atom is 0.317 e. The van der Waals surface area contributed by atoms with E-state index < -0.39 is 0 Å². The summed E-state index contributed by atoms with van der Waals surface area (Å²) in [5.74, 6) is 1.22. The summed E-state index contributed by atoms with van der Waals surface area (Å²) in [6, 6.07) is 0.0145. The molecule has 1 N–H and O–H groups in total. The summed E-state index contributed by atoms with van der Waals surface area (Å²) < 4.78 is 5.59. The molecule has 0 aliphatic carbocycles. The predicted octanol–water partition coefficient (Wildman–Crippen LogP) is -0.114. The standard InChI is InChI=1S/C16H26N6O2/c1-20-8-9-24-13-14(12-20)10-19-16(23)22-6-4-21(5-7-22)15-11-17-2-3-18-15/h2-3,11,14H,4-10,12-13H2,1H3,(H,19,23). The molecule has 24 heavy (non-hydrogen) atoms. The van der Waals surface area contributed by atoms with Crippen LogP contribution in [0.2, 0.25) is 0 Å². The van der Waals surface area contributed by atoms with Crippen LogP contribution in [0.3, 0.4) is 0 Å². The van der Waals surface area contributed by atoms with Gasteiger partial charge in [0.1, 0.15) is 5.82 Å². The van der Waals surface area contributed by atoms with E-state index in [1.807, 2.05) is 4.90 Å². The van der Waals surface area contributed by atoms with E-state index in [4.69, 9.17) is 4.74 Å². The Morgan fingerprint density at radius 1 is 1.29 bits per heavy atom. The first kappa shape index (κ1) is 16.9. The van der Waals surface area contributed by atoms with Crippen molar-refractivity contribution in [3.05, 3.63) is 18.6 Å². The number of rotatable bonds is 3. The van der Waals surface area contributed by atoms with Crippen LogP contribution in [0, 0.1) is 5.92 Å². The number of anilines is 1. The van der Waals surface area contributed by atoms with E-state index in [-0.39, 0.29) is 6.03 Å². The SMILES string of the molecule is CN1CCOCC(CNC(=O)N2CCN(c3cnccn3)CC2)C1. The lowest BCUT2D eigenvalue weighted by Gasteiger charge is -2.35. The molecule has 0 spiro atoms. The lowest BCUT2D eigenvalue weighted by molar-refractivity contribution is 0.121. The van der Waals surface area contributed by atoms with Crippen LogP contribution in [0.1, 0.15) is 0 Å². The van der Waals surface area contributed by atoms with Crippen molar-refractivity contribution in [3.8, 4) is 0 Å². The molecule has 2 aliphatic rings. The van der Waals surface area contributed by atoms with Crippen LogP contribution in [-0.2, 0) is 4.74 Å². The molecule has 2 amide bonds. The second-order valence-corrected chi connectivity index (χ2v) is 6.43. The van der Waals surface area contributed by atoms with Crippen LogP contribution in [0.15, 0.2) is 18.6 Å². The second-order valence-electron chi connectivity index (χ2n) is 6.43. The van der Waals surface area contributed by atoms with Gasteiger partial charge >= 0.3 is 6.03 Å². The van der Waals surface area contributed by atoms with Crippen molar-refractivity contribution in [2.24, 2.45) is 5.92 Å². The third kappa shape index (κ3) is 4.55. The summed E-state index contributed by atoms with van der Waals surface area (Å²) >= 11 is 0. The molecular weight excluding hydrogens is 308 g/mol. The van der Waals surface area contributed by atoms with Gasteiger partial charge in [0, 0.05) is 64.1 Å². The van der Waals surface area contributed by atoms with E-state index in [0.29, 0.717) is 32.2 Å². The van der Waals surface area contributed by atoms with Gasteiger partial charge in [-0.1, -0.05) is 0 Å². The van der Waals surface area contributed by atoms with E-state index >= 15 is 0 Å². The Bertz CT molecular complexity index is 521. The van der Waals surface area contributed by atoms with Crippen LogP contribution in [0.4, 0.5) is 10.6 Å². The highest BCUT2D eigenvalue weighted by Crippen LogP contribution is 2.11. The van der Waals surface area contributed by atoms with E-state index in [1.54, 1.807) is 18.6 Å². The Labute approximate surface area is 142 Å². The molecule has 3 heterocycles. The number of nitrogens with zero attached hydrogens (tertiary/aromatic N) is 5. The lowest BCUT2D eigenvalue weighted by atomic mass is 10.1. The molecule has 1 aromatic rings. The molecule has 2 saturated heterocycles. The molecule has 8 heteroatoms. The molecule has 0 saturated carbocycles. The summed E-state index contributed by atoms with van der Waals surface area (Å²) in [7, 11) is 2.09. The fourth-order valence-electron chi connectivity index (χ4n) is 3.12. The Morgan fingerprint density at radius 3 is 2.88 bits per heavy atom. The van der Waals surface area contributed by atoms with Gasteiger partial charge in [-0.25, -0.2) is 9.78 Å². The summed E-state index contributed by atoms with van der Waals surface area (Å²) in [4.78, 5) is 27.1. The van der Waals surface area contributed by atoms with Crippen molar-refractivity contribution in [1.82, 2.24) is 25.1 Å². The quantitative estimate of drug-likeness (QED) is 0.831. The highest BCUT2D eigenvalue weighted by molar-refractivity contribution is 5.74. The van der Waals surface area contributed by atoms with E-state index in [2.05, 4.69) is 32.1 Å². The van der Waals surface area contributed by atoms with Gasteiger partial charge in [0.15, 0.2) is 0 Å². The van der Waals surface area contributed by atoms with Crippen LogP contribution >= 0.6 is 0 Å². The van der Waals surface area contributed by atoms with Gasteiger partial charge in [0.05, 0.1) is 19.4 Å². The number of aromatic nitrogens is 2. The van der Waals surface area contributed by atoms with Gasteiger partial charge in [-0.3, -0.25) is 4.98 Å². The molecule has 2 aliphatic heterocycles. The largest absolute Gasteiger partial charge is 0.380 e. The van der Waals surface area contributed by atoms with Crippen LogP contribution in [0.5, 0.6) is 0 Å². The van der Waals surface area contributed by atoms with Crippen molar-refractivity contribution in [3.63, 3.8) is 0 Å². The third-order valence-corrected chi connectivity index (χ3v) is 4.52. The number of hydrogen-bond acceptors (Lipinski definition) is 6. The number of carbonyl (C=O) groups is 1. The first-order valence-corrected chi connectivity index (χ1v) is 8.52. The number of likely N-dealkylation sites (N-methyl/N-ethyl adjacent to an activating group) is 1. The Kier molecular flexibility index (Phi) is 5.81. The molecule has 0 bridgehead atoms. The molecular formula is C16H26N6O2. The molecule has 1 atom stereocenters. The Morgan fingerprint density at radius 2 is 2.12 bits per heavy atom. The monoisotopic (exact) mass is 334 g/mol. The van der Waals surface area contributed by atoms with E-state index in [1.165, 1.54) is 0 Å². The fourth-order valence-corrected chi connectivity index (χ4v) is 3.12. The number of amides is 2. The minimum atomic E-state index is 0.0145. The van der Waals surface area contributed by atoms with Gasteiger partial charge in [-0.2, -0.15) is 0 Å². The fraction of sp³-hybridized carbons (Fsp3) is 0.688. The number of hydrogen-bond donors (Lipinski definition) is 1. The molecule has 2 fully saturated rings. The molecule has 1 aromatic heterocycles. The first-order valence-electron chi connectivity index (χ1n) is 8.52. The average molecular weight is 334 g/mol. The number of piperazine rings is 1. The van der Waals surface area contributed by atoms with Crippen molar-refractivity contribution in [1.29, 1.82) is 0 Å². The van der Waals surface area contributed by atoms with Gasteiger partial charge in [-0.15, -0.1) is 0 Å². The summed E-state index contributed by atoms with van der Waals surface area (Å²) in [6.45, 7) is 7.01. The second kappa shape index (κ2) is 8.25. The lowest BCUT2D eigenvalue weighted by Crippen LogP contribution is -2.53. The van der Waals surface area contributed by atoms with Crippen LogP contribution in [-0.4, -0.2) is 91.9 Å². The zero-order valence-electron chi connectivity index (χ0n) is 14.2. The van der Waals surface area contributed by atoms with Gasteiger partial charge < -0.3 is 24.8 Å². The molecule has 0 radical (unpaired) electrons. The number of carbonyl (C=O) groups excluding carboxylic acids is 1. The number of nitrogens with one attached hydrogen (secondary N) is 1. The normalized spacial score (nSPS) is 23.0. The van der Waals surface area contributed by atoms with Crippen molar-refractivity contribution >= 4 is 11.8 Å². The molecule has 3 rings (SSSR count). The zero-order chi connectivity index (χ0) is 16.8. The van der Waals surface area contributed by atoms with Crippen LogP contribution < -0.4 is 10.2 Å². The molecule has 0 aromatic carbocycles. The van der Waals surface area contributed by atoms with E-state index in [9.17, 15) is 4.79 Å². The Balaban J connectivity index is 1.42. The minimum Gasteiger partial charge on any atom is -0.380 e. The smallest absolute Gasteiger partial charge is 0.317 e. The maximum atomic E-state index is 12.4. The number of ether oxygens (including phenoxy) is 1. The Hall–Kier alpha value is -1.93. The van der Waals surface area contributed by atoms with E-state index in [0.717, 1.165) is 38.6 Å². The topological polar surface area (TPSA) is 73.8 Å². The maximum absolute atomic E-state index is 12.4. The zero-order valence-corrected chi connectivity index (χ0v) is 14.2. The van der Waals surface area contributed by atoms with Gasteiger partial charge in [0.2, 0.25) is 0 Å². The summed E-state index contributed by atoms with van der Waals surface area (Å²) in [5.41, 5.74) is 0. The molecule has 8 nitrogen and oxygen atoms in total. The summed E-state index contributed by atoms with van der Waals surface area (Å²) in [6.07, 6.45) is 5.13. The first-order chi connectivity index (χ1) is 11.7. The van der Waals surface area contributed by atoms with Crippen molar-refractivity contribution < 1.29 is 9.53 Å². The third-order valence-electron chi connectivity index (χ3n) is 4.52. The van der Waals surface area contributed by atoms with Crippen molar-refractivity contribution in [2.45, 2.75) is 0 Å². The average Bonchev–Trinajstić information content (AvgIpc) is 2.84. The molecule has 1 unspecified atom stereocenters.